The Hall–Kier alpha value is -1.99. The molecule has 1 aromatic rings. The van der Waals surface area contributed by atoms with Crippen molar-refractivity contribution >= 4 is 11.7 Å². The summed E-state index contributed by atoms with van der Waals surface area (Å²) >= 11 is 0. The lowest BCUT2D eigenvalue weighted by Crippen LogP contribution is -2.41. The maximum atomic E-state index is 11.9. The first kappa shape index (κ1) is 14.4. The lowest BCUT2D eigenvalue weighted by atomic mass is 9.93. The fourth-order valence-electron chi connectivity index (χ4n) is 2.14. The van der Waals surface area contributed by atoms with Crippen LogP contribution in [0.3, 0.4) is 0 Å². The Morgan fingerprint density at radius 3 is 2.85 bits per heavy atom. The number of benzene rings is 1. The van der Waals surface area contributed by atoms with Crippen molar-refractivity contribution in [2.45, 2.75) is 38.6 Å². The molecule has 0 unspecified atom stereocenters. The Kier molecular flexibility index (Phi) is 5.03. The number of hydrogen-bond acceptors (Lipinski definition) is 2. The summed E-state index contributed by atoms with van der Waals surface area (Å²) in [6, 6.07) is 6.03. The second-order valence-electron chi connectivity index (χ2n) is 4.96. The molecule has 0 aromatic heterocycles. The van der Waals surface area contributed by atoms with Gasteiger partial charge in [-0.25, -0.2) is 4.79 Å². The van der Waals surface area contributed by atoms with E-state index < -0.39 is 0 Å². The van der Waals surface area contributed by atoms with E-state index in [9.17, 15) is 4.79 Å². The van der Waals surface area contributed by atoms with Crippen LogP contribution in [0, 0.1) is 11.8 Å². The van der Waals surface area contributed by atoms with E-state index >= 15 is 0 Å². The van der Waals surface area contributed by atoms with Gasteiger partial charge in [0.05, 0.1) is 6.54 Å². The van der Waals surface area contributed by atoms with Crippen molar-refractivity contribution in [2.75, 3.05) is 11.9 Å². The summed E-state index contributed by atoms with van der Waals surface area (Å²) in [6.07, 6.45) is 4.22. The molecule has 1 fully saturated rings. The first-order valence-electron chi connectivity index (χ1n) is 7.12. The number of carbonyl (C=O) groups is 1. The lowest BCUT2D eigenvalue weighted by Gasteiger charge is -2.26. The van der Waals surface area contributed by atoms with E-state index in [2.05, 4.69) is 29.4 Å². The minimum Gasteiger partial charge on any atom is -0.335 e. The van der Waals surface area contributed by atoms with Crippen LogP contribution in [0.5, 0.6) is 0 Å². The number of nitrogens with one attached hydrogen (secondary N) is 2. The van der Waals surface area contributed by atoms with Crippen molar-refractivity contribution in [3.05, 3.63) is 29.3 Å². The van der Waals surface area contributed by atoms with Crippen molar-refractivity contribution in [2.24, 2.45) is 5.73 Å². The van der Waals surface area contributed by atoms with Crippen molar-refractivity contribution in [3.63, 3.8) is 0 Å². The summed E-state index contributed by atoms with van der Waals surface area (Å²) < 4.78 is 0. The van der Waals surface area contributed by atoms with E-state index in [1.54, 1.807) is 0 Å². The first-order chi connectivity index (χ1) is 9.72. The SMILES string of the molecule is CCc1cc(C#CCN)ccc1NC(=O)NC1CCC1. The van der Waals surface area contributed by atoms with Crippen LogP contribution >= 0.6 is 0 Å². The average Bonchev–Trinajstić information content (AvgIpc) is 2.41. The third-order valence-corrected chi connectivity index (χ3v) is 3.51. The highest BCUT2D eigenvalue weighted by atomic mass is 16.2. The summed E-state index contributed by atoms with van der Waals surface area (Å²) in [7, 11) is 0. The molecule has 2 rings (SSSR count). The molecule has 1 saturated carbocycles. The molecule has 0 heterocycles. The zero-order valence-electron chi connectivity index (χ0n) is 11.8. The van der Waals surface area contributed by atoms with E-state index in [0.29, 0.717) is 12.6 Å². The fraction of sp³-hybridized carbons (Fsp3) is 0.438. The van der Waals surface area contributed by atoms with E-state index in [4.69, 9.17) is 5.73 Å². The van der Waals surface area contributed by atoms with Crippen LogP contribution in [-0.4, -0.2) is 18.6 Å². The summed E-state index contributed by atoms with van der Waals surface area (Å²) in [4.78, 5) is 11.9. The molecule has 20 heavy (non-hydrogen) atoms. The second kappa shape index (κ2) is 6.97. The van der Waals surface area contributed by atoms with Crippen LogP contribution in [0.15, 0.2) is 18.2 Å². The minimum atomic E-state index is -0.120. The van der Waals surface area contributed by atoms with E-state index in [-0.39, 0.29) is 6.03 Å². The Labute approximate surface area is 120 Å². The number of carbonyl (C=O) groups excluding carboxylic acids is 1. The summed E-state index contributed by atoms with van der Waals surface area (Å²) in [5, 5.41) is 5.89. The number of rotatable bonds is 3. The molecule has 1 aliphatic carbocycles. The molecule has 0 spiro atoms. The normalized spacial score (nSPS) is 13.9. The number of amides is 2. The van der Waals surface area contributed by atoms with E-state index in [0.717, 1.165) is 36.1 Å². The van der Waals surface area contributed by atoms with Crippen molar-refractivity contribution in [3.8, 4) is 11.8 Å². The van der Waals surface area contributed by atoms with Crippen molar-refractivity contribution < 1.29 is 4.79 Å². The number of aryl methyl sites for hydroxylation is 1. The van der Waals surface area contributed by atoms with Crippen LogP contribution in [0.1, 0.15) is 37.3 Å². The van der Waals surface area contributed by atoms with Gasteiger partial charge in [0.15, 0.2) is 0 Å². The highest BCUT2D eigenvalue weighted by Gasteiger charge is 2.19. The van der Waals surface area contributed by atoms with Gasteiger partial charge in [0.25, 0.3) is 0 Å². The van der Waals surface area contributed by atoms with E-state index in [1.165, 1.54) is 6.42 Å². The standard InChI is InChI=1S/C16H21N3O/c1-2-13-11-12(5-4-10-17)8-9-15(13)19-16(20)18-14-6-3-7-14/h8-9,11,14H,2-3,6-7,10,17H2,1H3,(H2,18,19,20). The van der Waals surface area contributed by atoms with Crippen LogP contribution < -0.4 is 16.4 Å². The molecule has 0 saturated heterocycles. The Morgan fingerprint density at radius 2 is 2.25 bits per heavy atom. The Bertz CT molecular complexity index is 538. The molecular formula is C16H21N3O. The average molecular weight is 271 g/mol. The molecule has 4 heteroatoms. The van der Waals surface area contributed by atoms with Crippen LogP contribution in [0.2, 0.25) is 0 Å². The van der Waals surface area contributed by atoms with Gasteiger partial charge in [0.1, 0.15) is 0 Å². The molecule has 0 radical (unpaired) electrons. The van der Waals surface area contributed by atoms with Gasteiger partial charge < -0.3 is 16.4 Å². The predicted octanol–water partition coefficient (Wildman–Crippen LogP) is 2.23. The second-order valence-corrected chi connectivity index (χ2v) is 4.96. The van der Waals surface area contributed by atoms with Crippen LogP contribution in [-0.2, 0) is 6.42 Å². The topological polar surface area (TPSA) is 67.1 Å². The molecule has 4 nitrogen and oxygen atoms in total. The summed E-state index contributed by atoms with van der Waals surface area (Å²) in [5.41, 5.74) is 8.23. The molecule has 2 amide bonds. The molecule has 1 aromatic carbocycles. The molecule has 0 aliphatic heterocycles. The Morgan fingerprint density at radius 1 is 1.45 bits per heavy atom. The molecule has 0 bridgehead atoms. The number of urea groups is 1. The highest BCUT2D eigenvalue weighted by Crippen LogP contribution is 2.20. The van der Waals surface area contributed by atoms with Crippen molar-refractivity contribution in [1.29, 1.82) is 0 Å². The van der Waals surface area contributed by atoms with Gasteiger partial charge in [-0.1, -0.05) is 18.8 Å². The predicted molar refractivity (Wildman–Crippen MR) is 81.5 cm³/mol. The number of hydrogen-bond donors (Lipinski definition) is 3. The van der Waals surface area contributed by atoms with Gasteiger partial charge in [0.2, 0.25) is 0 Å². The van der Waals surface area contributed by atoms with Crippen molar-refractivity contribution in [1.82, 2.24) is 5.32 Å². The first-order valence-corrected chi connectivity index (χ1v) is 7.12. The maximum Gasteiger partial charge on any atom is 0.319 e. The third-order valence-electron chi connectivity index (χ3n) is 3.51. The van der Waals surface area contributed by atoms with Crippen LogP contribution in [0.25, 0.3) is 0 Å². The van der Waals surface area contributed by atoms with Gasteiger partial charge in [-0.05, 0) is 49.4 Å². The quantitative estimate of drug-likeness (QED) is 0.738. The molecule has 4 N–H and O–H groups in total. The van der Waals surface area contributed by atoms with Gasteiger partial charge in [-0.15, -0.1) is 0 Å². The molecule has 1 aliphatic rings. The number of anilines is 1. The molecule has 0 atom stereocenters. The Balaban J connectivity index is 2.04. The third kappa shape index (κ3) is 3.75. The fourth-order valence-corrected chi connectivity index (χ4v) is 2.14. The van der Waals surface area contributed by atoms with Gasteiger partial charge in [0, 0.05) is 17.3 Å². The maximum absolute atomic E-state index is 11.9. The van der Waals surface area contributed by atoms with Gasteiger partial charge in [-0.3, -0.25) is 0 Å². The largest absolute Gasteiger partial charge is 0.335 e. The monoisotopic (exact) mass is 271 g/mol. The molecular weight excluding hydrogens is 250 g/mol. The smallest absolute Gasteiger partial charge is 0.319 e. The zero-order valence-corrected chi connectivity index (χ0v) is 11.8. The van der Waals surface area contributed by atoms with Crippen LogP contribution in [0.4, 0.5) is 10.5 Å². The van der Waals surface area contributed by atoms with Gasteiger partial charge >= 0.3 is 6.03 Å². The number of nitrogens with two attached hydrogens (primary N) is 1. The summed E-state index contributed by atoms with van der Waals surface area (Å²) in [5.74, 6) is 5.84. The zero-order chi connectivity index (χ0) is 14.4. The minimum absolute atomic E-state index is 0.120. The van der Waals surface area contributed by atoms with Gasteiger partial charge in [-0.2, -0.15) is 0 Å². The lowest BCUT2D eigenvalue weighted by molar-refractivity contribution is 0.240. The summed E-state index contributed by atoms with van der Waals surface area (Å²) in [6.45, 7) is 2.41. The molecule has 106 valence electrons. The highest BCUT2D eigenvalue weighted by molar-refractivity contribution is 5.90. The van der Waals surface area contributed by atoms with E-state index in [1.807, 2.05) is 18.2 Å².